The minimum atomic E-state index is -0.00400. The highest BCUT2D eigenvalue weighted by Gasteiger charge is 2.24. The van der Waals surface area contributed by atoms with Crippen molar-refractivity contribution in [2.75, 3.05) is 5.73 Å². The molecule has 3 heteroatoms. The molecule has 0 fully saturated rings. The Balaban J connectivity index is 3.16. The van der Waals surface area contributed by atoms with Crippen molar-refractivity contribution in [3.63, 3.8) is 0 Å². The molecule has 0 radical (unpaired) electrons. The third-order valence-corrected chi connectivity index (χ3v) is 1.85. The molecule has 1 aromatic heterocycles. The Morgan fingerprint density at radius 1 is 1.42 bits per heavy atom. The van der Waals surface area contributed by atoms with Gasteiger partial charge in [-0.3, -0.25) is 0 Å². The van der Waals surface area contributed by atoms with Gasteiger partial charge < -0.3 is 10.3 Å². The Kier molecular flexibility index (Phi) is 2.13. The Bertz CT molecular complexity index is 271. The fourth-order valence-corrected chi connectivity index (χ4v) is 1.25. The van der Waals surface area contributed by atoms with Crippen molar-refractivity contribution in [3.05, 3.63) is 11.3 Å². The molecule has 1 rings (SSSR count). The summed E-state index contributed by atoms with van der Waals surface area (Å²) in [5.74, 6) is 1.44. The lowest BCUT2D eigenvalue weighted by Crippen LogP contribution is -2.12. The topological polar surface area (TPSA) is 52.0 Å². The third-order valence-electron chi connectivity index (χ3n) is 1.85. The van der Waals surface area contributed by atoms with Crippen LogP contribution in [0, 0.1) is 0 Å². The molecular weight excluding hydrogens is 152 g/mol. The number of hydrogen-bond acceptors (Lipinski definition) is 3. The van der Waals surface area contributed by atoms with Crippen LogP contribution >= 0.6 is 0 Å². The molecule has 0 saturated heterocycles. The van der Waals surface area contributed by atoms with E-state index in [1.165, 1.54) is 0 Å². The zero-order valence-electron chi connectivity index (χ0n) is 8.14. The Hall–Kier alpha value is -0.990. The minimum absolute atomic E-state index is 0.00400. The van der Waals surface area contributed by atoms with Gasteiger partial charge in [-0.1, -0.05) is 32.9 Å². The second-order valence-electron chi connectivity index (χ2n) is 3.98. The summed E-state index contributed by atoms with van der Waals surface area (Å²) in [7, 11) is 0. The largest absolute Gasteiger partial charge is 0.381 e. The zero-order chi connectivity index (χ0) is 9.35. The highest BCUT2D eigenvalue weighted by atomic mass is 16.5. The molecule has 3 nitrogen and oxygen atoms in total. The van der Waals surface area contributed by atoms with Gasteiger partial charge in [0, 0.05) is 11.0 Å². The number of anilines is 1. The quantitative estimate of drug-likeness (QED) is 0.698. The van der Waals surface area contributed by atoms with Crippen molar-refractivity contribution in [1.29, 1.82) is 0 Å². The van der Waals surface area contributed by atoms with Crippen molar-refractivity contribution in [2.24, 2.45) is 0 Å². The first-order valence-corrected chi connectivity index (χ1v) is 4.21. The summed E-state index contributed by atoms with van der Waals surface area (Å²) in [4.78, 5) is 0. The van der Waals surface area contributed by atoms with Crippen molar-refractivity contribution in [1.82, 2.24) is 5.16 Å². The molecule has 0 bridgehead atoms. The highest BCUT2D eigenvalue weighted by molar-refractivity contribution is 5.42. The van der Waals surface area contributed by atoms with Crippen LogP contribution in [0.2, 0.25) is 0 Å². The van der Waals surface area contributed by atoms with Crippen molar-refractivity contribution >= 4 is 5.82 Å². The van der Waals surface area contributed by atoms with Crippen LogP contribution in [0.25, 0.3) is 0 Å². The maximum atomic E-state index is 5.64. The monoisotopic (exact) mass is 168 g/mol. The fourth-order valence-electron chi connectivity index (χ4n) is 1.25. The average molecular weight is 168 g/mol. The van der Waals surface area contributed by atoms with Crippen LogP contribution in [-0.2, 0) is 11.8 Å². The van der Waals surface area contributed by atoms with Crippen LogP contribution in [-0.4, -0.2) is 5.16 Å². The summed E-state index contributed by atoms with van der Waals surface area (Å²) in [5.41, 5.74) is 6.68. The second-order valence-corrected chi connectivity index (χ2v) is 3.98. The molecule has 0 atom stereocenters. The lowest BCUT2D eigenvalue weighted by Gasteiger charge is -2.15. The molecule has 12 heavy (non-hydrogen) atoms. The lowest BCUT2D eigenvalue weighted by atomic mass is 9.89. The van der Waals surface area contributed by atoms with E-state index in [0.717, 1.165) is 17.7 Å². The Morgan fingerprint density at radius 2 is 2.00 bits per heavy atom. The third kappa shape index (κ3) is 1.44. The molecule has 2 N–H and O–H groups in total. The molecule has 0 aliphatic carbocycles. The van der Waals surface area contributed by atoms with Gasteiger partial charge in [0.2, 0.25) is 0 Å². The molecule has 0 aromatic carbocycles. The van der Waals surface area contributed by atoms with Crippen molar-refractivity contribution in [3.8, 4) is 0 Å². The number of nitrogens with zero attached hydrogens (tertiary/aromatic N) is 1. The van der Waals surface area contributed by atoms with Crippen LogP contribution < -0.4 is 5.73 Å². The smallest absolute Gasteiger partial charge is 0.170 e. The SMILES string of the molecule is CCc1c(N)noc1C(C)(C)C. The van der Waals surface area contributed by atoms with Gasteiger partial charge in [-0.2, -0.15) is 0 Å². The fraction of sp³-hybridized carbons (Fsp3) is 0.667. The van der Waals surface area contributed by atoms with Crippen molar-refractivity contribution in [2.45, 2.75) is 39.5 Å². The standard InChI is InChI=1S/C9H16N2O/c1-5-6-7(9(2,3)4)12-11-8(6)10/h5H2,1-4H3,(H2,10,11). The van der Waals surface area contributed by atoms with Crippen LogP contribution in [0.4, 0.5) is 5.82 Å². The minimum Gasteiger partial charge on any atom is -0.381 e. The molecular formula is C9H16N2O. The van der Waals surface area contributed by atoms with E-state index < -0.39 is 0 Å². The molecule has 1 aromatic rings. The van der Waals surface area contributed by atoms with E-state index in [1.54, 1.807) is 0 Å². The molecule has 68 valence electrons. The molecule has 0 unspecified atom stereocenters. The predicted octanol–water partition coefficient (Wildman–Crippen LogP) is 2.12. The molecule has 1 heterocycles. The number of rotatable bonds is 1. The number of nitrogen functional groups attached to an aromatic ring is 1. The average Bonchev–Trinajstić information content (AvgIpc) is 2.29. The maximum absolute atomic E-state index is 5.64. The van der Waals surface area contributed by atoms with E-state index in [0.29, 0.717) is 5.82 Å². The van der Waals surface area contributed by atoms with Crippen molar-refractivity contribution < 1.29 is 4.52 Å². The molecule has 0 aliphatic heterocycles. The first-order valence-electron chi connectivity index (χ1n) is 4.21. The number of hydrogen-bond donors (Lipinski definition) is 1. The Labute approximate surface area is 72.9 Å². The normalized spacial score (nSPS) is 12.0. The first-order chi connectivity index (χ1) is 5.46. The van der Waals surface area contributed by atoms with Gasteiger partial charge in [0.1, 0.15) is 5.76 Å². The molecule has 0 saturated carbocycles. The van der Waals surface area contributed by atoms with Gasteiger partial charge in [0.15, 0.2) is 5.82 Å². The van der Waals surface area contributed by atoms with E-state index in [9.17, 15) is 0 Å². The van der Waals surface area contributed by atoms with Crippen LogP contribution in [0.1, 0.15) is 39.0 Å². The van der Waals surface area contributed by atoms with Crippen LogP contribution in [0.5, 0.6) is 0 Å². The lowest BCUT2D eigenvalue weighted by molar-refractivity contribution is 0.328. The maximum Gasteiger partial charge on any atom is 0.170 e. The van der Waals surface area contributed by atoms with Gasteiger partial charge in [0.25, 0.3) is 0 Å². The first kappa shape index (κ1) is 9.10. The number of nitrogens with two attached hydrogens (primary N) is 1. The van der Waals surface area contributed by atoms with E-state index in [2.05, 4.69) is 32.9 Å². The second kappa shape index (κ2) is 2.81. The van der Waals surface area contributed by atoms with E-state index in [1.807, 2.05) is 0 Å². The van der Waals surface area contributed by atoms with Crippen LogP contribution in [0.15, 0.2) is 4.52 Å². The summed E-state index contributed by atoms with van der Waals surface area (Å²) < 4.78 is 5.18. The van der Waals surface area contributed by atoms with E-state index >= 15 is 0 Å². The zero-order valence-corrected chi connectivity index (χ0v) is 8.14. The van der Waals surface area contributed by atoms with Gasteiger partial charge in [0.05, 0.1) is 0 Å². The highest BCUT2D eigenvalue weighted by Crippen LogP contribution is 2.29. The van der Waals surface area contributed by atoms with Gasteiger partial charge in [-0.25, -0.2) is 0 Å². The van der Waals surface area contributed by atoms with E-state index in [4.69, 9.17) is 10.3 Å². The summed E-state index contributed by atoms with van der Waals surface area (Å²) in [6.45, 7) is 8.32. The van der Waals surface area contributed by atoms with Crippen LogP contribution in [0.3, 0.4) is 0 Å². The molecule has 0 aliphatic rings. The number of aromatic nitrogens is 1. The summed E-state index contributed by atoms with van der Waals surface area (Å²) in [5, 5.41) is 3.76. The summed E-state index contributed by atoms with van der Waals surface area (Å²) in [6.07, 6.45) is 0.877. The summed E-state index contributed by atoms with van der Waals surface area (Å²) >= 11 is 0. The molecule has 0 amide bonds. The van der Waals surface area contributed by atoms with E-state index in [-0.39, 0.29) is 5.41 Å². The van der Waals surface area contributed by atoms with Gasteiger partial charge >= 0.3 is 0 Å². The molecule has 0 spiro atoms. The summed E-state index contributed by atoms with van der Waals surface area (Å²) in [6, 6.07) is 0. The van der Waals surface area contributed by atoms with Gasteiger partial charge in [-0.05, 0) is 6.42 Å². The van der Waals surface area contributed by atoms with Gasteiger partial charge in [-0.15, -0.1) is 0 Å². The predicted molar refractivity (Wildman–Crippen MR) is 49.0 cm³/mol. The Morgan fingerprint density at radius 3 is 2.33 bits per heavy atom.